The lowest BCUT2D eigenvalue weighted by atomic mass is 9.84. The van der Waals surface area contributed by atoms with Crippen LogP contribution in [0, 0.1) is 12.8 Å². The second kappa shape index (κ2) is 7.13. The van der Waals surface area contributed by atoms with E-state index in [9.17, 15) is 9.59 Å². The van der Waals surface area contributed by atoms with E-state index in [2.05, 4.69) is 10.3 Å². The number of hydrogen-bond acceptors (Lipinski definition) is 4. The molecule has 1 fully saturated rings. The summed E-state index contributed by atoms with van der Waals surface area (Å²) in [6.07, 6.45) is 2.80. The summed E-state index contributed by atoms with van der Waals surface area (Å²) in [5.41, 5.74) is 0.998. The topological polar surface area (TPSA) is 62.3 Å². The number of amides is 2. The molecule has 0 aliphatic carbocycles. The summed E-state index contributed by atoms with van der Waals surface area (Å²) >= 11 is 1.58. The van der Waals surface area contributed by atoms with Crippen LogP contribution in [0.2, 0.25) is 0 Å². The molecule has 2 amide bonds. The second-order valence-corrected chi connectivity index (χ2v) is 7.41. The molecule has 1 aliphatic heterocycles. The fourth-order valence-electron chi connectivity index (χ4n) is 3.20. The number of carbonyl (C=O) groups excluding carboxylic acids is 2. The normalized spacial score (nSPS) is 20.9. The Bertz CT molecular complexity index is 729. The highest BCUT2D eigenvalue weighted by molar-refractivity contribution is 7.11. The summed E-state index contributed by atoms with van der Waals surface area (Å²) < 4.78 is 0. The lowest BCUT2D eigenvalue weighted by Crippen LogP contribution is -2.46. The van der Waals surface area contributed by atoms with Gasteiger partial charge in [-0.2, -0.15) is 0 Å². The van der Waals surface area contributed by atoms with Crippen LogP contribution >= 0.6 is 11.3 Å². The molecule has 0 unspecified atom stereocenters. The summed E-state index contributed by atoms with van der Waals surface area (Å²) in [7, 11) is 1.78. The number of benzene rings is 1. The number of aryl methyl sites for hydroxylation is 1. The molecule has 2 aromatic rings. The molecule has 0 radical (unpaired) electrons. The Kier molecular flexibility index (Phi) is 4.94. The van der Waals surface area contributed by atoms with Crippen molar-refractivity contribution in [2.45, 2.75) is 32.4 Å². The number of nitrogens with one attached hydrogen (secondary N) is 1. The van der Waals surface area contributed by atoms with Gasteiger partial charge in [-0.05, 0) is 18.9 Å². The Morgan fingerprint density at radius 3 is 2.79 bits per heavy atom. The highest BCUT2D eigenvalue weighted by atomic mass is 32.1. The molecule has 6 heteroatoms. The molecule has 2 atom stereocenters. The van der Waals surface area contributed by atoms with Crippen molar-refractivity contribution >= 4 is 23.2 Å². The van der Waals surface area contributed by atoms with Gasteiger partial charge in [-0.3, -0.25) is 9.59 Å². The Hall–Kier alpha value is -2.21. The minimum Gasteiger partial charge on any atom is -0.349 e. The average molecular weight is 343 g/mol. The fourth-order valence-corrected chi connectivity index (χ4v) is 3.92. The van der Waals surface area contributed by atoms with Crippen LogP contribution in [0.25, 0.3) is 0 Å². The van der Waals surface area contributed by atoms with Gasteiger partial charge < -0.3 is 10.2 Å². The van der Waals surface area contributed by atoms with Crippen molar-refractivity contribution in [2.24, 2.45) is 5.92 Å². The maximum Gasteiger partial charge on any atom is 0.225 e. The van der Waals surface area contributed by atoms with Crippen molar-refractivity contribution in [3.63, 3.8) is 0 Å². The van der Waals surface area contributed by atoms with E-state index in [0.717, 1.165) is 15.4 Å². The first-order valence-electron chi connectivity index (χ1n) is 8.06. The van der Waals surface area contributed by atoms with Crippen LogP contribution in [-0.2, 0) is 16.1 Å². The molecular formula is C18H21N3O2S. The second-order valence-electron chi connectivity index (χ2n) is 6.09. The number of thiazole rings is 1. The Morgan fingerprint density at radius 2 is 2.12 bits per heavy atom. The van der Waals surface area contributed by atoms with Gasteiger partial charge in [0.25, 0.3) is 0 Å². The molecule has 24 heavy (non-hydrogen) atoms. The molecule has 1 N–H and O–H groups in total. The first-order chi connectivity index (χ1) is 11.6. The van der Waals surface area contributed by atoms with Crippen molar-refractivity contribution in [1.29, 1.82) is 0 Å². The van der Waals surface area contributed by atoms with E-state index in [1.807, 2.05) is 43.5 Å². The summed E-state index contributed by atoms with van der Waals surface area (Å²) in [5.74, 6) is -0.171. The minimum absolute atomic E-state index is 0.0175. The van der Waals surface area contributed by atoms with Gasteiger partial charge in [-0.25, -0.2) is 4.98 Å². The van der Waals surface area contributed by atoms with E-state index < -0.39 is 0 Å². The van der Waals surface area contributed by atoms with Crippen LogP contribution in [-0.4, -0.2) is 28.7 Å². The molecular weight excluding hydrogens is 322 g/mol. The molecule has 126 valence electrons. The number of carbonyl (C=O) groups is 2. The van der Waals surface area contributed by atoms with E-state index in [1.165, 1.54) is 0 Å². The van der Waals surface area contributed by atoms with E-state index >= 15 is 0 Å². The van der Waals surface area contributed by atoms with Crippen LogP contribution < -0.4 is 5.32 Å². The van der Waals surface area contributed by atoms with Gasteiger partial charge in [0.05, 0.1) is 18.5 Å². The van der Waals surface area contributed by atoms with Gasteiger partial charge in [0.15, 0.2) is 0 Å². The van der Waals surface area contributed by atoms with E-state index in [-0.39, 0.29) is 23.8 Å². The summed E-state index contributed by atoms with van der Waals surface area (Å²) in [6, 6.07) is 9.55. The smallest absolute Gasteiger partial charge is 0.225 e. The van der Waals surface area contributed by atoms with Crippen LogP contribution in [0.4, 0.5) is 0 Å². The summed E-state index contributed by atoms with van der Waals surface area (Å²) in [6.45, 7) is 2.43. The van der Waals surface area contributed by atoms with Crippen LogP contribution in [0.3, 0.4) is 0 Å². The standard InChI is InChI=1S/C18H21N3O2S/c1-12-10-19-15(24-12)11-20-18(23)14-8-9-16(22)21(2)17(14)13-6-4-3-5-7-13/h3-7,10,14,17H,8-9,11H2,1-2H3,(H,20,23)/t14-,17-/m0/s1. The summed E-state index contributed by atoms with van der Waals surface area (Å²) in [5, 5.41) is 3.89. The first-order valence-corrected chi connectivity index (χ1v) is 8.87. The van der Waals surface area contributed by atoms with Gasteiger partial charge in [-0.1, -0.05) is 30.3 Å². The molecule has 1 aliphatic rings. The number of rotatable bonds is 4. The van der Waals surface area contributed by atoms with Crippen molar-refractivity contribution in [3.8, 4) is 0 Å². The highest BCUT2D eigenvalue weighted by Gasteiger charge is 2.38. The highest BCUT2D eigenvalue weighted by Crippen LogP contribution is 2.35. The van der Waals surface area contributed by atoms with Gasteiger partial charge in [0, 0.05) is 24.5 Å². The number of nitrogens with zero attached hydrogens (tertiary/aromatic N) is 2. The molecule has 1 aromatic carbocycles. The molecule has 5 nitrogen and oxygen atoms in total. The molecule has 1 saturated heterocycles. The predicted molar refractivity (Wildman–Crippen MR) is 93.4 cm³/mol. The largest absolute Gasteiger partial charge is 0.349 e. The monoisotopic (exact) mass is 343 g/mol. The quantitative estimate of drug-likeness (QED) is 0.928. The number of hydrogen-bond donors (Lipinski definition) is 1. The molecule has 3 rings (SSSR count). The van der Waals surface area contributed by atoms with E-state index in [1.54, 1.807) is 23.3 Å². The van der Waals surface area contributed by atoms with Crippen LogP contribution in [0.5, 0.6) is 0 Å². The van der Waals surface area contributed by atoms with E-state index in [4.69, 9.17) is 0 Å². The minimum atomic E-state index is -0.240. The molecule has 0 bridgehead atoms. The van der Waals surface area contributed by atoms with Crippen LogP contribution in [0.15, 0.2) is 36.5 Å². The van der Waals surface area contributed by atoms with Crippen molar-refractivity contribution in [3.05, 3.63) is 52.0 Å². The van der Waals surface area contributed by atoms with Crippen molar-refractivity contribution in [1.82, 2.24) is 15.2 Å². The van der Waals surface area contributed by atoms with Gasteiger partial charge >= 0.3 is 0 Å². The maximum atomic E-state index is 12.7. The maximum absolute atomic E-state index is 12.7. The number of aromatic nitrogens is 1. The van der Waals surface area contributed by atoms with Gasteiger partial charge in [0.1, 0.15) is 5.01 Å². The SMILES string of the molecule is Cc1cnc(CNC(=O)[C@H]2CCC(=O)N(C)[C@H]2c2ccccc2)s1. The molecule has 0 saturated carbocycles. The van der Waals surface area contributed by atoms with Crippen molar-refractivity contribution in [2.75, 3.05) is 7.05 Å². The Labute approximate surface area is 145 Å². The molecule has 1 aromatic heterocycles. The van der Waals surface area contributed by atoms with Gasteiger partial charge in [-0.15, -0.1) is 11.3 Å². The van der Waals surface area contributed by atoms with Crippen LogP contribution in [0.1, 0.15) is 34.3 Å². The zero-order valence-corrected chi connectivity index (χ0v) is 14.7. The third-order valence-electron chi connectivity index (χ3n) is 4.42. The fraction of sp³-hybridized carbons (Fsp3) is 0.389. The number of piperidine rings is 1. The van der Waals surface area contributed by atoms with Crippen molar-refractivity contribution < 1.29 is 9.59 Å². The van der Waals surface area contributed by atoms with Gasteiger partial charge in [0.2, 0.25) is 11.8 Å². The third-order valence-corrected chi connectivity index (χ3v) is 5.33. The van der Waals surface area contributed by atoms with E-state index in [0.29, 0.717) is 19.4 Å². The molecule has 2 heterocycles. The third kappa shape index (κ3) is 3.48. The average Bonchev–Trinajstić information content (AvgIpc) is 3.01. The lowest BCUT2D eigenvalue weighted by Gasteiger charge is -2.38. The lowest BCUT2D eigenvalue weighted by molar-refractivity contribution is -0.141. The Balaban J connectivity index is 1.76. The Morgan fingerprint density at radius 1 is 1.38 bits per heavy atom. The zero-order valence-electron chi connectivity index (χ0n) is 13.9. The molecule has 0 spiro atoms. The summed E-state index contributed by atoms with van der Waals surface area (Å²) in [4.78, 5) is 32.0. The first kappa shape index (κ1) is 16.6. The predicted octanol–water partition coefficient (Wildman–Crippen LogP) is 2.68. The zero-order chi connectivity index (χ0) is 17.1. The number of likely N-dealkylation sites (tertiary alicyclic amines) is 1.